The summed E-state index contributed by atoms with van der Waals surface area (Å²) in [6.45, 7) is 1.28. The van der Waals surface area contributed by atoms with Crippen LogP contribution in [0.5, 0.6) is 11.5 Å². The zero-order chi connectivity index (χ0) is 17.1. The number of benzene rings is 1. The number of Topliss-reactive ketones (excluding diaryl/α,β-unsaturated/α-hetero) is 2. The van der Waals surface area contributed by atoms with E-state index in [0.29, 0.717) is 0 Å². The first-order chi connectivity index (χ1) is 10.7. The van der Waals surface area contributed by atoms with Crippen molar-refractivity contribution in [3.63, 3.8) is 0 Å². The summed E-state index contributed by atoms with van der Waals surface area (Å²) in [5.41, 5.74) is -2.72. The van der Waals surface area contributed by atoms with Crippen LogP contribution in [-0.4, -0.2) is 56.9 Å². The number of carbonyl (C=O) groups excluding carboxylic acids is 2. The van der Waals surface area contributed by atoms with Gasteiger partial charge in [-0.05, 0) is 13.0 Å². The van der Waals surface area contributed by atoms with Gasteiger partial charge >= 0.3 is 0 Å². The molecular weight excluding hydrogens is 304 g/mol. The molecule has 0 unspecified atom stereocenters. The molecule has 7 nitrogen and oxygen atoms in total. The molecule has 4 N–H and O–H groups in total. The molecule has 7 heteroatoms. The van der Waals surface area contributed by atoms with Crippen LogP contribution >= 0.6 is 0 Å². The first kappa shape index (κ1) is 15.7. The van der Waals surface area contributed by atoms with Crippen LogP contribution in [0.1, 0.15) is 34.1 Å². The number of ether oxygens (including phenoxy) is 1. The minimum Gasteiger partial charge on any atom is -0.507 e. The number of hydrogen-bond donors (Lipinski definition) is 4. The number of hydrogen-bond acceptors (Lipinski definition) is 7. The van der Waals surface area contributed by atoms with Gasteiger partial charge in [0.1, 0.15) is 17.6 Å². The molecule has 1 aromatic carbocycles. The fourth-order valence-electron chi connectivity index (χ4n) is 3.18. The van der Waals surface area contributed by atoms with Crippen molar-refractivity contribution in [1.29, 1.82) is 0 Å². The van der Waals surface area contributed by atoms with E-state index in [0.717, 1.165) is 0 Å². The van der Waals surface area contributed by atoms with Gasteiger partial charge in [-0.3, -0.25) is 9.59 Å². The molecule has 0 heterocycles. The van der Waals surface area contributed by atoms with Gasteiger partial charge < -0.3 is 25.2 Å². The Balaban J connectivity index is 2.27. The second-order valence-electron chi connectivity index (χ2n) is 6.03. The molecule has 0 saturated carbocycles. The van der Waals surface area contributed by atoms with Crippen LogP contribution < -0.4 is 4.74 Å². The Bertz CT molecular complexity index is 760. The Morgan fingerprint density at radius 3 is 2.43 bits per heavy atom. The second kappa shape index (κ2) is 4.89. The Morgan fingerprint density at radius 2 is 1.83 bits per heavy atom. The molecule has 0 amide bonds. The maximum atomic E-state index is 12.7. The number of methoxy groups -OCH3 is 1. The first-order valence-electron chi connectivity index (χ1n) is 7.02. The van der Waals surface area contributed by atoms with Gasteiger partial charge in [0.2, 0.25) is 0 Å². The van der Waals surface area contributed by atoms with Crippen molar-refractivity contribution in [2.75, 3.05) is 7.11 Å². The molecule has 0 saturated heterocycles. The lowest BCUT2D eigenvalue weighted by atomic mass is 9.69. The van der Waals surface area contributed by atoms with Crippen LogP contribution in [0, 0.1) is 0 Å². The minimum absolute atomic E-state index is 0.130. The van der Waals surface area contributed by atoms with Gasteiger partial charge in [0.25, 0.3) is 0 Å². The number of phenolic OH excluding ortho intramolecular Hbond substituents is 1. The third-order valence-electron chi connectivity index (χ3n) is 4.38. The lowest BCUT2D eigenvalue weighted by Gasteiger charge is -2.40. The fraction of sp³-hybridized carbons (Fsp3) is 0.375. The third-order valence-corrected chi connectivity index (χ3v) is 4.38. The average molecular weight is 320 g/mol. The molecule has 0 aromatic heterocycles. The molecule has 2 aliphatic rings. The molecule has 0 bridgehead atoms. The predicted octanol–water partition coefficient (Wildman–Crippen LogP) is -0.0471. The molecule has 0 fully saturated rings. The summed E-state index contributed by atoms with van der Waals surface area (Å²) in [4.78, 5) is 25.3. The van der Waals surface area contributed by atoms with E-state index < -0.39 is 35.1 Å². The lowest BCUT2D eigenvalue weighted by molar-refractivity contribution is -0.0758. The first-order valence-corrected chi connectivity index (χ1v) is 7.02. The van der Waals surface area contributed by atoms with Crippen molar-refractivity contribution >= 4 is 11.6 Å². The monoisotopic (exact) mass is 320 g/mol. The van der Waals surface area contributed by atoms with Crippen molar-refractivity contribution < 1.29 is 34.8 Å². The summed E-state index contributed by atoms with van der Waals surface area (Å²) in [5.74, 6) is -1.74. The number of ketones is 2. The third kappa shape index (κ3) is 2.08. The van der Waals surface area contributed by atoms with E-state index >= 15 is 0 Å². The predicted molar refractivity (Wildman–Crippen MR) is 77.6 cm³/mol. The summed E-state index contributed by atoms with van der Waals surface area (Å²) in [5, 5.41) is 40.6. The van der Waals surface area contributed by atoms with Crippen molar-refractivity contribution in [3.05, 3.63) is 34.4 Å². The number of aliphatic hydroxyl groups excluding tert-OH is 2. The van der Waals surface area contributed by atoms with E-state index in [4.69, 9.17) is 4.74 Å². The molecule has 3 rings (SSSR count). The number of carbonyl (C=O) groups is 2. The molecule has 0 spiro atoms. The highest BCUT2D eigenvalue weighted by Crippen LogP contribution is 2.43. The zero-order valence-electron chi connectivity index (χ0n) is 12.5. The maximum absolute atomic E-state index is 12.7. The van der Waals surface area contributed by atoms with E-state index in [2.05, 4.69) is 0 Å². The van der Waals surface area contributed by atoms with Gasteiger partial charge in [-0.25, -0.2) is 0 Å². The molecule has 2 aliphatic carbocycles. The second-order valence-corrected chi connectivity index (χ2v) is 6.03. The van der Waals surface area contributed by atoms with Crippen LogP contribution in [0.25, 0.3) is 0 Å². The molecule has 23 heavy (non-hydrogen) atoms. The van der Waals surface area contributed by atoms with Gasteiger partial charge in [0.05, 0.1) is 24.4 Å². The van der Waals surface area contributed by atoms with E-state index in [-0.39, 0.29) is 34.4 Å². The van der Waals surface area contributed by atoms with Crippen molar-refractivity contribution in [3.8, 4) is 11.5 Å². The molecule has 1 aromatic rings. The number of aromatic hydroxyl groups is 1. The number of fused-ring (bicyclic) bond motifs is 1. The highest BCUT2D eigenvalue weighted by molar-refractivity contribution is 6.29. The van der Waals surface area contributed by atoms with Gasteiger partial charge in [-0.2, -0.15) is 0 Å². The van der Waals surface area contributed by atoms with Crippen LogP contribution in [0.2, 0.25) is 0 Å². The van der Waals surface area contributed by atoms with Crippen molar-refractivity contribution in [2.24, 2.45) is 0 Å². The number of phenols is 1. The Labute approximate surface area is 131 Å². The topological polar surface area (TPSA) is 124 Å². The van der Waals surface area contributed by atoms with Crippen LogP contribution in [-0.2, 0) is 0 Å². The highest BCUT2D eigenvalue weighted by Gasteiger charge is 2.50. The Kier molecular flexibility index (Phi) is 3.33. The number of aliphatic hydroxyl groups is 3. The van der Waals surface area contributed by atoms with Crippen LogP contribution in [0.15, 0.2) is 23.3 Å². The van der Waals surface area contributed by atoms with Crippen LogP contribution in [0.3, 0.4) is 0 Å². The molecule has 3 atom stereocenters. The average Bonchev–Trinajstić information content (AvgIpc) is 2.47. The van der Waals surface area contributed by atoms with E-state index in [9.17, 15) is 30.0 Å². The maximum Gasteiger partial charge on any atom is 0.196 e. The summed E-state index contributed by atoms with van der Waals surface area (Å²) >= 11 is 0. The largest absolute Gasteiger partial charge is 0.507 e. The summed E-state index contributed by atoms with van der Waals surface area (Å²) < 4.78 is 4.97. The summed E-state index contributed by atoms with van der Waals surface area (Å²) in [6, 6.07) is 2.47. The minimum atomic E-state index is -1.74. The molecule has 0 aliphatic heterocycles. The standard InChI is InChI=1S/C16H16O7/c1-16(22)5-9(18)11-12(15(16)21)13(19)7-3-6(23-2)4-8(17)10(7)14(11)20/h3-4,9,15,17-18,21-22H,5H2,1-2H3/t9-,15+,16+/m1/s1. The lowest BCUT2D eigenvalue weighted by Crippen LogP contribution is -2.52. The highest BCUT2D eigenvalue weighted by atomic mass is 16.5. The zero-order valence-corrected chi connectivity index (χ0v) is 12.5. The summed E-state index contributed by atoms with van der Waals surface area (Å²) in [6.07, 6.45) is -3.31. The Hall–Kier alpha value is -2.22. The quantitative estimate of drug-likeness (QED) is 0.572. The summed E-state index contributed by atoms with van der Waals surface area (Å²) in [7, 11) is 1.34. The number of rotatable bonds is 1. The van der Waals surface area contributed by atoms with Crippen molar-refractivity contribution in [1.82, 2.24) is 0 Å². The van der Waals surface area contributed by atoms with Gasteiger partial charge in [0.15, 0.2) is 11.6 Å². The normalized spacial score (nSPS) is 30.1. The van der Waals surface area contributed by atoms with Crippen LogP contribution in [0.4, 0.5) is 0 Å². The van der Waals surface area contributed by atoms with Gasteiger partial charge in [-0.15, -0.1) is 0 Å². The smallest absolute Gasteiger partial charge is 0.196 e. The molecular formula is C16H16O7. The van der Waals surface area contributed by atoms with E-state index in [1.807, 2.05) is 0 Å². The SMILES string of the molecule is COc1cc(O)c2c(c1)C(=O)C1=C(C2=O)[C@H](O)C[C@](C)(O)[C@H]1O. The Morgan fingerprint density at radius 1 is 1.17 bits per heavy atom. The van der Waals surface area contributed by atoms with Crippen molar-refractivity contribution in [2.45, 2.75) is 31.2 Å². The van der Waals surface area contributed by atoms with Gasteiger partial charge in [-0.1, -0.05) is 0 Å². The molecule has 122 valence electrons. The fourth-order valence-corrected chi connectivity index (χ4v) is 3.18. The van der Waals surface area contributed by atoms with E-state index in [1.165, 1.54) is 26.2 Å². The van der Waals surface area contributed by atoms with Gasteiger partial charge in [0, 0.05) is 29.2 Å². The molecule has 0 radical (unpaired) electrons. The van der Waals surface area contributed by atoms with E-state index in [1.54, 1.807) is 0 Å².